The molecule has 5 aromatic rings. The van der Waals surface area contributed by atoms with E-state index in [1.807, 2.05) is 36.4 Å². The highest BCUT2D eigenvalue weighted by Gasteiger charge is 2.15. The first-order valence-corrected chi connectivity index (χ1v) is 17.7. The highest BCUT2D eigenvalue weighted by atomic mass is 32.1. The number of hydrogen-bond donors (Lipinski definition) is 6. The molecule has 0 spiro atoms. The van der Waals surface area contributed by atoms with Gasteiger partial charge in [-0.3, -0.25) is 50.8 Å². The van der Waals surface area contributed by atoms with Gasteiger partial charge in [-0.2, -0.15) is 10.2 Å². The lowest BCUT2D eigenvalue weighted by Crippen LogP contribution is -2.26. The topological polar surface area (TPSA) is 217 Å². The van der Waals surface area contributed by atoms with Crippen molar-refractivity contribution in [1.29, 1.82) is 0 Å². The van der Waals surface area contributed by atoms with E-state index in [4.69, 9.17) is 0 Å². The average molecular weight is 763 g/mol. The lowest BCUT2D eigenvalue weighted by Gasteiger charge is -2.04. The Morgan fingerprint density at radius 1 is 0.593 bits per heavy atom. The van der Waals surface area contributed by atoms with Crippen molar-refractivity contribution in [2.75, 3.05) is 10.9 Å². The molecule has 4 aromatic heterocycles. The molecule has 0 aliphatic heterocycles. The number of amides is 4. The van der Waals surface area contributed by atoms with Crippen LogP contribution >= 0.6 is 22.7 Å². The molecule has 0 aliphatic rings. The first kappa shape index (κ1) is 38.3. The third-order valence-electron chi connectivity index (χ3n) is 6.99. The molecule has 274 valence electrons. The van der Waals surface area contributed by atoms with E-state index in [2.05, 4.69) is 62.7 Å². The number of rotatable bonds is 14. The Bertz CT molecular complexity index is 2090. The van der Waals surface area contributed by atoms with Crippen LogP contribution in [0.4, 0.5) is 10.3 Å². The minimum atomic E-state index is -0.410. The van der Waals surface area contributed by atoms with Gasteiger partial charge in [-0.1, -0.05) is 59.1 Å². The zero-order chi connectivity index (χ0) is 38.5. The number of aryl methyl sites for hydroxylation is 2. The van der Waals surface area contributed by atoms with Crippen molar-refractivity contribution < 1.29 is 19.2 Å². The zero-order valence-electron chi connectivity index (χ0n) is 29.4. The van der Waals surface area contributed by atoms with Crippen LogP contribution in [-0.4, -0.2) is 55.0 Å². The summed E-state index contributed by atoms with van der Waals surface area (Å²) in [5, 5.41) is 9.71. The highest BCUT2D eigenvalue weighted by Crippen LogP contribution is 2.25. The van der Waals surface area contributed by atoms with E-state index in [0.717, 1.165) is 11.1 Å². The van der Waals surface area contributed by atoms with E-state index >= 15 is 0 Å². The van der Waals surface area contributed by atoms with Gasteiger partial charge in [0.25, 0.3) is 11.8 Å². The number of carbonyl (C=O) groups excluding carboxylic acids is 4. The fraction of sp³-hybridized carbons (Fsp3) is 0.111. The molecule has 0 aliphatic carbocycles. The van der Waals surface area contributed by atoms with Crippen LogP contribution in [0.1, 0.15) is 66.8 Å². The second-order valence-corrected chi connectivity index (χ2v) is 13.2. The van der Waals surface area contributed by atoms with Gasteiger partial charge in [0.05, 0.1) is 21.1 Å². The smallest absolute Gasteiger partial charge is 0.271 e. The predicted molar refractivity (Wildman–Crippen MR) is 210 cm³/mol. The highest BCUT2D eigenvalue weighted by molar-refractivity contribution is 7.18. The fourth-order valence-electron chi connectivity index (χ4n) is 4.41. The number of allylic oxidation sites excluding steroid dienone is 2. The summed E-state index contributed by atoms with van der Waals surface area (Å²) in [5.74, 6) is -1.37. The van der Waals surface area contributed by atoms with E-state index in [9.17, 15) is 19.2 Å². The molecule has 4 heterocycles. The Kier molecular flexibility index (Phi) is 13.2. The number of hydrazone groups is 2. The number of benzene rings is 1. The molecule has 54 heavy (non-hydrogen) atoms. The summed E-state index contributed by atoms with van der Waals surface area (Å²) >= 11 is 2.51. The molecule has 0 saturated carbocycles. The van der Waals surface area contributed by atoms with Crippen LogP contribution in [0.5, 0.6) is 0 Å². The van der Waals surface area contributed by atoms with E-state index in [-0.39, 0.29) is 11.8 Å². The molecule has 18 heteroatoms. The van der Waals surface area contributed by atoms with Crippen molar-refractivity contribution in [3.05, 3.63) is 129 Å². The first-order valence-electron chi connectivity index (χ1n) is 16.1. The van der Waals surface area contributed by atoms with Crippen LogP contribution in [0.3, 0.4) is 0 Å². The van der Waals surface area contributed by atoms with Crippen LogP contribution in [0.2, 0.25) is 0 Å². The average Bonchev–Trinajstić information content (AvgIpc) is 3.74. The van der Waals surface area contributed by atoms with E-state index in [1.54, 1.807) is 50.3 Å². The Morgan fingerprint density at radius 2 is 0.963 bits per heavy atom. The van der Waals surface area contributed by atoms with Gasteiger partial charge in [0, 0.05) is 49.8 Å². The minimum Gasteiger partial charge on any atom is -0.274 e. The van der Waals surface area contributed by atoms with E-state index in [0.29, 0.717) is 54.0 Å². The summed E-state index contributed by atoms with van der Waals surface area (Å²) in [6.07, 6.45) is 13.3. The van der Waals surface area contributed by atoms with Crippen molar-refractivity contribution in [1.82, 2.24) is 41.6 Å². The van der Waals surface area contributed by atoms with Crippen molar-refractivity contribution >= 4 is 80.1 Å². The quantitative estimate of drug-likeness (QED) is 0.0681. The van der Waals surface area contributed by atoms with Crippen LogP contribution in [0, 0.1) is 13.8 Å². The Hall–Kier alpha value is -6.92. The van der Waals surface area contributed by atoms with Gasteiger partial charge in [-0.05, 0) is 61.4 Å². The van der Waals surface area contributed by atoms with Gasteiger partial charge >= 0.3 is 0 Å². The maximum atomic E-state index is 12.8. The number of carbonyl (C=O) groups is 4. The zero-order valence-corrected chi connectivity index (χ0v) is 31.0. The summed E-state index contributed by atoms with van der Waals surface area (Å²) in [5.41, 5.74) is 20.4. The summed E-state index contributed by atoms with van der Waals surface area (Å²) in [6, 6.07) is 13.9. The Labute approximate surface area is 317 Å². The van der Waals surface area contributed by atoms with Gasteiger partial charge < -0.3 is 0 Å². The number of pyridine rings is 2. The van der Waals surface area contributed by atoms with Crippen LogP contribution in [0.25, 0.3) is 12.2 Å². The van der Waals surface area contributed by atoms with Crippen molar-refractivity contribution in [3.63, 3.8) is 0 Å². The standard InChI is InChI=1S/C36H34N12O4S2/c1-21-31(53-35(39-21)47-41-23(3)49)29(43-45-33(51)27-13-17-37-18-14-27)11-9-25-5-7-26(8-6-25)10-12-30(44-46-34(52)28-15-19-38-20-16-28)32-22(2)40-36(54-32)48-42-24(4)50/h5-20H,1-4H3,(H,39,47)(H,40,48)(H,41,49)(H,42,50)(H,45,51)(H,46,52)/b11-9-,12-10-,43-29-,44-30+. The second kappa shape index (κ2) is 18.5. The summed E-state index contributed by atoms with van der Waals surface area (Å²) in [6.45, 7) is 6.36. The lowest BCUT2D eigenvalue weighted by molar-refractivity contribution is -0.119. The minimum absolute atomic E-state index is 0.277. The predicted octanol–water partition coefficient (Wildman–Crippen LogP) is 4.63. The van der Waals surface area contributed by atoms with Gasteiger partial charge in [0.1, 0.15) is 11.4 Å². The number of nitrogens with one attached hydrogen (secondary N) is 6. The maximum absolute atomic E-state index is 12.8. The SMILES string of the molecule is CC(=O)NNc1nc(C)c(C(/C=C\c2ccc(/C=C\C(=N/NC(=O)c3ccncc3)c3sc(NNC(C)=O)nc3C)cc2)=N\NC(=O)c2ccncc2)s1. The molecule has 6 N–H and O–H groups in total. The Balaban J connectivity index is 1.38. The molecule has 0 radical (unpaired) electrons. The first-order chi connectivity index (χ1) is 26.0. The molecule has 16 nitrogen and oxygen atoms in total. The maximum Gasteiger partial charge on any atom is 0.271 e. The van der Waals surface area contributed by atoms with Gasteiger partial charge in [0.2, 0.25) is 22.1 Å². The van der Waals surface area contributed by atoms with Crippen LogP contribution < -0.4 is 32.6 Å². The molecule has 0 bridgehead atoms. The molecular formula is C36H34N12O4S2. The molecule has 4 amide bonds. The van der Waals surface area contributed by atoms with Gasteiger partial charge in [-0.15, -0.1) is 0 Å². The number of aromatic nitrogens is 4. The third-order valence-corrected chi connectivity index (χ3v) is 9.18. The molecule has 0 fully saturated rings. The number of hydrazine groups is 2. The summed E-state index contributed by atoms with van der Waals surface area (Å²) in [7, 11) is 0. The van der Waals surface area contributed by atoms with E-state index in [1.165, 1.54) is 61.3 Å². The second-order valence-electron chi connectivity index (χ2n) is 11.2. The molecule has 0 saturated heterocycles. The van der Waals surface area contributed by atoms with Gasteiger partial charge in [-0.25, -0.2) is 20.8 Å². The monoisotopic (exact) mass is 762 g/mol. The number of anilines is 2. The molecule has 0 atom stereocenters. The number of nitrogens with zero attached hydrogens (tertiary/aromatic N) is 6. The summed E-state index contributed by atoms with van der Waals surface area (Å²) in [4.78, 5) is 66.5. The normalized spacial score (nSPS) is 11.7. The number of thiazole rings is 2. The largest absolute Gasteiger partial charge is 0.274 e. The van der Waals surface area contributed by atoms with Crippen LogP contribution in [-0.2, 0) is 9.59 Å². The Morgan fingerprint density at radius 3 is 1.31 bits per heavy atom. The van der Waals surface area contributed by atoms with Crippen molar-refractivity contribution in [3.8, 4) is 0 Å². The fourth-order valence-corrected chi connectivity index (χ4v) is 6.19. The third kappa shape index (κ3) is 11.0. The van der Waals surface area contributed by atoms with Crippen LogP contribution in [0.15, 0.2) is 95.7 Å². The van der Waals surface area contributed by atoms with Gasteiger partial charge in [0.15, 0.2) is 0 Å². The number of hydrogen-bond acceptors (Lipinski definition) is 14. The molecular weight excluding hydrogens is 729 g/mol. The van der Waals surface area contributed by atoms with Crippen molar-refractivity contribution in [2.45, 2.75) is 27.7 Å². The molecule has 5 rings (SSSR count). The molecule has 0 unspecified atom stereocenters. The van der Waals surface area contributed by atoms with E-state index < -0.39 is 11.8 Å². The lowest BCUT2D eigenvalue weighted by atomic mass is 10.1. The summed E-state index contributed by atoms with van der Waals surface area (Å²) < 4.78 is 0. The molecule has 1 aromatic carbocycles. The van der Waals surface area contributed by atoms with Crippen molar-refractivity contribution in [2.24, 2.45) is 10.2 Å².